The van der Waals surface area contributed by atoms with E-state index in [4.69, 9.17) is 32.7 Å². The maximum Gasteiger partial charge on any atom is 0.253 e. The van der Waals surface area contributed by atoms with Crippen LogP contribution in [0.5, 0.6) is 11.5 Å². The van der Waals surface area contributed by atoms with E-state index in [0.717, 1.165) is 16.0 Å². The Morgan fingerprint density at radius 3 is 2.52 bits per heavy atom. The summed E-state index contributed by atoms with van der Waals surface area (Å²) in [5.74, 6) is 0.951. The molecule has 0 aliphatic carbocycles. The van der Waals surface area contributed by atoms with E-state index in [1.54, 1.807) is 37.6 Å². The molecule has 0 heterocycles. The van der Waals surface area contributed by atoms with Crippen molar-refractivity contribution in [1.29, 1.82) is 0 Å². The summed E-state index contributed by atoms with van der Waals surface area (Å²) in [5.41, 5.74) is 5.41. The number of nitrogens with one attached hydrogen (secondary N) is 1. The van der Waals surface area contributed by atoms with E-state index in [9.17, 15) is 4.79 Å². The van der Waals surface area contributed by atoms with Crippen LogP contribution in [-0.2, 0) is 11.4 Å². The number of ether oxygens (including phenoxy) is 2. The van der Waals surface area contributed by atoms with E-state index in [0.29, 0.717) is 28.2 Å². The van der Waals surface area contributed by atoms with Crippen molar-refractivity contribution in [2.24, 2.45) is 5.10 Å². The van der Waals surface area contributed by atoms with E-state index < -0.39 is 0 Å². The van der Waals surface area contributed by atoms with Crippen molar-refractivity contribution in [2.45, 2.75) is 30.6 Å². The summed E-state index contributed by atoms with van der Waals surface area (Å²) < 4.78 is 11.3. The molecule has 0 spiro atoms. The van der Waals surface area contributed by atoms with Gasteiger partial charge in [-0.2, -0.15) is 5.10 Å². The Hall–Kier alpha value is -2.67. The Bertz CT molecular complexity index is 1140. The van der Waals surface area contributed by atoms with Gasteiger partial charge in [0.2, 0.25) is 0 Å². The molecule has 3 rings (SSSR count). The number of amides is 1. The lowest BCUT2D eigenvalue weighted by Crippen LogP contribution is -2.26. The van der Waals surface area contributed by atoms with Gasteiger partial charge >= 0.3 is 0 Å². The van der Waals surface area contributed by atoms with E-state index in [1.807, 2.05) is 50.2 Å². The van der Waals surface area contributed by atoms with Crippen molar-refractivity contribution in [3.63, 3.8) is 0 Å². The van der Waals surface area contributed by atoms with E-state index in [1.165, 1.54) is 17.3 Å². The van der Waals surface area contributed by atoms with Crippen molar-refractivity contribution in [3.05, 3.63) is 87.4 Å². The van der Waals surface area contributed by atoms with Crippen LogP contribution in [0.1, 0.15) is 23.6 Å². The Morgan fingerprint density at radius 2 is 1.82 bits per heavy atom. The molecule has 172 valence electrons. The first-order chi connectivity index (χ1) is 15.9. The van der Waals surface area contributed by atoms with Crippen molar-refractivity contribution in [1.82, 2.24) is 5.43 Å². The Morgan fingerprint density at radius 1 is 1.06 bits per heavy atom. The number of thioether (sulfide) groups is 1. The van der Waals surface area contributed by atoms with Gasteiger partial charge in [-0.05, 0) is 67.4 Å². The highest BCUT2D eigenvalue weighted by Crippen LogP contribution is 2.29. The van der Waals surface area contributed by atoms with E-state index >= 15 is 0 Å². The number of aryl methyl sites for hydroxylation is 1. The predicted molar refractivity (Wildman–Crippen MR) is 136 cm³/mol. The van der Waals surface area contributed by atoms with Gasteiger partial charge in [0.1, 0.15) is 6.61 Å². The van der Waals surface area contributed by atoms with Gasteiger partial charge in [0.15, 0.2) is 11.5 Å². The summed E-state index contributed by atoms with van der Waals surface area (Å²) in [6.07, 6.45) is 1.56. The third kappa shape index (κ3) is 7.42. The highest BCUT2D eigenvalue weighted by molar-refractivity contribution is 8.00. The lowest BCUT2D eigenvalue weighted by Gasteiger charge is -2.12. The predicted octanol–water partition coefficient (Wildman–Crippen LogP) is 6.52. The maximum atomic E-state index is 12.3. The molecule has 0 fully saturated rings. The summed E-state index contributed by atoms with van der Waals surface area (Å²) in [7, 11) is 1.56. The zero-order chi connectivity index (χ0) is 23.8. The van der Waals surface area contributed by atoms with Gasteiger partial charge in [-0.25, -0.2) is 5.43 Å². The van der Waals surface area contributed by atoms with Crippen molar-refractivity contribution in [2.75, 3.05) is 7.11 Å². The topological polar surface area (TPSA) is 59.9 Å². The minimum Gasteiger partial charge on any atom is -0.493 e. The summed E-state index contributed by atoms with van der Waals surface area (Å²) in [6.45, 7) is 4.19. The molecule has 1 amide bonds. The van der Waals surface area contributed by atoms with Crippen LogP contribution >= 0.6 is 35.0 Å². The van der Waals surface area contributed by atoms with Crippen LogP contribution in [0.2, 0.25) is 10.0 Å². The normalized spacial score (nSPS) is 11.9. The molecular formula is C25H24Cl2N2O3S. The van der Waals surface area contributed by atoms with Crippen LogP contribution in [0.25, 0.3) is 0 Å². The number of hydrogen-bond donors (Lipinski definition) is 1. The van der Waals surface area contributed by atoms with Gasteiger partial charge in [0.05, 0.1) is 28.6 Å². The number of rotatable bonds is 9. The first-order valence-electron chi connectivity index (χ1n) is 10.2. The molecule has 0 aliphatic rings. The summed E-state index contributed by atoms with van der Waals surface area (Å²) in [6, 6.07) is 18.8. The third-order valence-electron chi connectivity index (χ3n) is 4.66. The molecule has 0 saturated carbocycles. The summed E-state index contributed by atoms with van der Waals surface area (Å²) in [5, 5.41) is 4.77. The summed E-state index contributed by atoms with van der Waals surface area (Å²) in [4.78, 5) is 13.4. The zero-order valence-electron chi connectivity index (χ0n) is 18.5. The highest BCUT2D eigenvalue weighted by Gasteiger charge is 2.13. The lowest BCUT2D eigenvalue weighted by atomic mass is 10.2. The van der Waals surface area contributed by atoms with Gasteiger partial charge in [-0.15, -0.1) is 11.8 Å². The maximum absolute atomic E-state index is 12.3. The molecule has 1 atom stereocenters. The number of halogens is 2. The van der Waals surface area contributed by atoms with Gasteiger partial charge in [0.25, 0.3) is 5.91 Å². The molecule has 3 aromatic carbocycles. The van der Waals surface area contributed by atoms with Crippen LogP contribution in [-0.4, -0.2) is 24.5 Å². The third-order valence-corrected chi connectivity index (χ3v) is 6.51. The van der Waals surface area contributed by atoms with Crippen molar-refractivity contribution >= 4 is 47.1 Å². The number of nitrogens with zero attached hydrogens (tertiary/aromatic N) is 1. The van der Waals surface area contributed by atoms with Gasteiger partial charge < -0.3 is 9.47 Å². The highest BCUT2D eigenvalue weighted by atomic mass is 35.5. The second kappa shape index (κ2) is 12.0. The average Bonchev–Trinajstić information content (AvgIpc) is 2.81. The van der Waals surface area contributed by atoms with Gasteiger partial charge in [0, 0.05) is 4.90 Å². The van der Waals surface area contributed by atoms with Crippen molar-refractivity contribution < 1.29 is 14.3 Å². The SMILES string of the molecule is COc1cc(/C=N\NC(=O)[C@@H](C)Sc2ccc(C)cc2)ccc1OCc1ccc(Cl)c(Cl)c1. The van der Waals surface area contributed by atoms with Crippen LogP contribution in [0.4, 0.5) is 0 Å². The molecule has 0 radical (unpaired) electrons. The molecule has 8 heteroatoms. The Labute approximate surface area is 208 Å². The Kier molecular flexibility index (Phi) is 9.06. The molecule has 5 nitrogen and oxygen atoms in total. The van der Waals surface area contributed by atoms with Gasteiger partial charge in [-0.1, -0.05) is 47.0 Å². The molecular weight excluding hydrogens is 479 g/mol. The second-order valence-electron chi connectivity index (χ2n) is 7.25. The van der Waals surface area contributed by atoms with E-state index in [-0.39, 0.29) is 11.2 Å². The monoisotopic (exact) mass is 502 g/mol. The molecule has 1 N–H and O–H groups in total. The number of hydrogen-bond acceptors (Lipinski definition) is 5. The molecule has 0 unspecified atom stereocenters. The fourth-order valence-electron chi connectivity index (χ4n) is 2.81. The first kappa shape index (κ1) is 25.0. The number of carbonyl (C=O) groups is 1. The molecule has 3 aromatic rings. The lowest BCUT2D eigenvalue weighted by molar-refractivity contribution is -0.120. The smallest absolute Gasteiger partial charge is 0.253 e. The minimum absolute atomic E-state index is 0.176. The molecule has 0 aliphatic heterocycles. The largest absolute Gasteiger partial charge is 0.493 e. The number of benzene rings is 3. The van der Waals surface area contributed by atoms with E-state index in [2.05, 4.69) is 10.5 Å². The number of hydrazone groups is 1. The van der Waals surface area contributed by atoms with Crippen molar-refractivity contribution in [3.8, 4) is 11.5 Å². The minimum atomic E-state index is -0.281. The fraction of sp³-hybridized carbons (Fsp3) is 0.200. The molecule has 0 bridgehead atoms. The molecule has 0 saturated heterocycles. The zero-order valence-corrected chi connectivity index (χ0v) is 20.8. The van der Waals surface area contributed by atoms with Crippen LogP contribution in [0.15, 0.2) is 70.7 Å². The molecule has 33 heavy (non-hydrogen) atoms. The molecule has 0 aromatic heterocycles. The van der Waals surface area contributed by atoms with Crippen LogP contribution in [0, 0.1) is 6.92 Å². The van der Waals surface area contributed by atoms with Crippen LogP contribution in [0.3, 0.4) is 0 Å². The number of carbonyl (C=O) groups excluding carboxylic acids is 1. The summed E-state index contributed by atoms with van der Waals surface area (Å²) >= 11 is 13.5. The van der Waals surface area contributed by atoms with Gasteiger partial charge in [-0.3, -0.25) is 4.79 Å². The second-order valence-corrected chi connectivity index (χ2v) is 9.48. The van der Waals surface area contributed by atoms with Crippen LogP contribution < -0.4 is 14.9 Å². The first-order valence-corrected chi connectivity index (χ1v) is 11.8. The standard InChI is InChI=1S/C25H24Cl2N2O3S/c1-16-4-8-20(9-5-16)33-17(2)25(30)29-28-14-18-7-11-23(24(13-18)31-3)32-15-19-6-10-21(26)22(27)12-19/h4-14,17H,15H2,1-3H3,(H,29,30)/b28-14-/t17-/m1/s1. The number of methoxy groups -OCH3 is 1. The Balaban J connectivity index is 1.56. The quantitative estimate of drug-likeness (QED) is 0.205. The average molecular weight is 503 g/mol. The fourth-order valence-corrected chi connectivity index (χ4v) is 3.99.